The zero-order valence-electron chi connectivity index (χ0n) is 6.65. The van der Waals surface area contributed by atoms with Crippen molar-refractivity contribution in [2.75, 3.05) is 0 Å². The molecule has 0 aliphatic rings. The Morgan fingerprint density at radius 2 is 1.92 bits per heavy atom. The van der Waals surface area contributed by atoms with Crippen molar-refractivity contribution < 1.29 is 17.9 Å². The summed E-state index contributed by atoms with van der Waals surface area (Å²) in [5, 5.41) is 0. The van der Waals surface area contributed by atoms with Crippen molar-refractivity contribution in [2.45, 2.75) is 13.3 Å². The molecule has 0 spiro atoms. The van der Waals surface area contributed by atoms with Gasteiger partial charge >= 0.3 is 6.36 Å². The first-order valence-electron chi connectivity index (χ1n) is 3.41. The van der Waals surface area contributed by atoms with Gasteiger partial charge in [-0.25, -0.2) is 0 Å². The molecule has 0 aliphatic carbocycles. The summed E-state index contributed by atoms with van der Waals surface area (Å²) in [6, 6.07) is 4.55. The Balaban J connectivity index is 2.96. The predicted molar refractivity (Wildman–Crippen MR) is 50.6 cm³/mol. The molecule has 1 aromatic rings. The summed E-state index contributed by atoms with van der Waals surface area (Å²) in [5.41, 5.74) is 0.766. The van der Waals surface area contributed by atoms with Gasteiger partial charge in [0.25, 0.3) is 0 Å². The number of aryl methyl sites for hydroxylation is 1. The number of alkyl halides is 3. The van der Waals surface area contributed by atoms with E-state index in [0.29, 0.717) is 3.57 Å². The van der Waals surface area contributed by atoms with Crippen molar-refractivity contribution in [3.05, 3.63) is 27.3 Å². The highest BCUT2D eigenvalue weighted by Gasteiger charge is 2.31. The average Bonchev–Trinajstić information content (AvgIpc) is 1.96. The number of hydrogen-bond acceptors (Lipinski definition) is 1. The van der Waals surface area contributed by atoms with Gasteiger partial charge in [-0.3, -0.25) is 0 Å². The molecule has 0 atom stereocenters. The molecule has 0 amide bonds. The van der Waals surface area contributed by atoms with Crippen LogP contribution in [0.15, 0.2) is 18.2 Å². The molecule has 0 fully saturated rings. The lowest BCUT2D eigenvalue weighted by molar-refractivity contribution is -0.274. The summed E-state index contributed by atoms with van der Waals surface area (Å²) in [6.07, 6.45) is -4.62. The van der Waals surface area contributed by atoms with E-state index < -0.39 is 6.36 Å². The van der Waals surface area contributed by atoms with Gasteiger partial charge in [0.05, 0.1) is 3.57 Å². The second-order valence-electron chi connectivity index (χ2n) is 2.43. The van der Waals surface area contributed by atoms with Crippen LogP contribution in [0, 0.1) is 10.5 Å². The van der Waals surface area contributed by atoms with Crippen LogP contribution in [0.3, 0.4) is 0 Å². The Kier molecular flexibility index (Phi) is 3.05. The molecule has 0 heterocycles. The topological polar surface area (TPSA) is 9.23 Å². The van der Waals surface area contributed by atoms with Crippen LogP contribution in [0.2, 0.25) is 0 Å². The molecule has 13 heavy (non-hydrogen) atoms. The summed E-state index contributed by atoms with van der Waals surface area (Å²) in [7, 11) is 0. The van der Waals surface area contributed by atoms with E-state index >= 15 is 0 Å². The number of ether oxygens (including phenoxy) is 1. The van der Waals surface area contributed by atoms with Gasteiger partial charge in [-0.15, -0.1) is 13.2 Å². The fourth-order valence-corrected chi connectivity index (χ4v) is 1.29. The molecule has 72 valence electrons. The second kappa shape index (κ2) is 3.73. The van der Waals surface area contributed by atoms with Crippen LogP contribution in [0.5, 0.6) is 5.75 Å². The van der Waals surface area contributed by atoms with Crippen molar-refractivity contribution >= 4 is 22.6 Å². The normalized spacial score (nSPS) is 11.5. The predicted octanol–water partition coefficient (Wildman–Crippen LogP) is 3.50. The number of rotatable bonds is 1. The molecule has 0 saturated heterocycles. The zero-order valence-corrected chi connectivity index (χ0v) is 8.81. The lowest BCUT2D eigenvalue weighted by Crippen LogP contribution is -2.17. The van der Waals surface area contributed by atoms with E-state index in [1.54, 1.807) is 13.0 Å². The van der Waals surface area contributed by atoms with Gasteiger partial charge in [-0.2, -0.15) is 0 Å². The van der Waals surface area contributed by atoms with Crippen LogP contribution < -0.4 is 4.74 Å². The minimum absolute atomic E-state index is 0.145. The smallest absolute Gasteiger partial charge is 0.405 e. The summed E-state index contributed by atoms with van der Waals surface area (Å²) in [6.45, 7) is 1.73. The average molecular weight is 302 g/mol. The highest BCUT2D eigenvalue weighted by molar-refractivity contribution is 14.1. The van der Waals surface area contributed by atoms with Crippen LogP contribution in [0.1, 0.15) is 5.56 Å². The summed E-state index contributed by atoms with van der Waals surface area (Å²) >= 11 is 1.82. The van der Waals surface area contributed by atoms with Crippen molar-refractivity contribution in [1.82, 2.24) is 0 Å². The Labute approximate surface area is 87.0 Å². The largest absolute Gasteiger partial charge is 0.573 e. The fourth-order valence-electron chi connectivity index (χ4n) is 0.824. The first kappa shape index (κ1) is 10.6. The molecule has 0 unspecified atom stereocenters. The van der Waals surface area contributed by atoms with E-state index in [-0.39, 0.29) is 5.75 Å². The van der Waals surface area contributed by atoms with E-state index in [1.807, 2.05) is 22.6 Å². The third-order valence-corrected chi connectivity index (χ3v) is 2.76. The standard InChI is InChI=1S/C8H6F3IO/c1-5-3-2-4-6(7(5)12)13-8(9,10)11/h2-4H,1H3. The molecule has 0 aromatic heterocycles. The summed E-state index contributed by atoms with van der Waals surface area (Å²) in [4.78, 5) is 0. The molecular weight excluding hydrogens is 296 g/mol. The van der Waals surface area contributed by atoms with E-state index in [1.165, 1.54) is 12.1 Å². The molecule has 0 N–H and O–H groups in total. The van der Waals surface area contributed by atoms with Gasteiger partial charge in [-0.05, 0) is 41.1 Å². The van der Waals surface area contributed by atoms with Gasteiger partial charge in [0.1, 0.15) is 5.75 Å². The van der Waals surface area contributed by atoms with Gasteiger partial charge in [0.15, 0.2) is 0 Å². The Morgan fingerprint density at radius 3 is 2.46 bits per heavy atom. The van der Waals surface area contributed by atoms with Gasteiger partial charge in [0, 0.05) is 0 Å². The number of benzene rings is 1. The first-order valence-corrected chi connectivity index (χ1v) is 4.49. The van der Waals surface area contributed by atoms with E-state index in [4.69, 9.17) is 0 Å². The van der Waals surface area contributed by atoms with E-state index in [0.717, 1.165) is 5.56 Å². The Hall–Kier alpha value is -0.460. The zero-order chi connectivity index (χ0) is 10.1. The van der Waals surface area contributed by atoms with Crippen LogP contribution >= 0.6 is 22.6 Å². The number of hydrogen-bond donors (Lipinski definition) is 0. The molecule has 1 aromatic carbocycles. The van der Waals surface area contributed by atoms with Gasteiger partial charge < -0.3 is 4.74 Å². The minimum atomic E-state index is -4.62. The van der Waals surface area contributed by atoms with Crippen LogP contribution in [0.4, 0.5) is 13.2 Å². The molecule has 0 bridgehead atoms. The van der Waals surface area contributed by atoms with Crippen molar-refractivity contribution in [3.63, 3.8) is 0 Å². The molecule has 0 radical (unpaired) electrons. The molecule has 0 saturated carbocycles. The van der Waals surface area contributed by atoms with Crippen LogP contribution in [-0.4, -0.2) is 6.36 Å². The van der Waals surface area contributed by atoms with Crippen molar-refractivity contribution in [3.8, 4) is 5.75 Å². The quantitative estimate of drug-likeness (QED) is 0.722. The third-order valence-electron chi connectivity index (χ3n) is 1.38. The monoisotopic (exact) mass is 302 g/mol. The fraction of sp³-hybridized carbons (Fsp3) is 0.250. The molecular formula is C8H6F3IO. The van der Waals surface area contributed by atoms with Gasteiger partial charge in [0.2, 0.25) is 0 Å². The van der Waals surface area contributed by atoms with Crippen LogP contribution in [-0.2, 0) is 0 Å². The van der Waals surface area contributed by atoms with E-state index in [2.05, 4.69) is 4.74 Å². The molecule has 1 rings (SSSR count). The Bertz CT molecular complexity index is 309. The lowest BCUT2D eigenvalue weighted by atomic mass is 10.2. The maximum Gasteiger partial charge on any atom is 0.573 e. The maximum atomic E-state index is 11.8. The molecule has 0 aliphatic heterocycles. The maximum absolute atomic E-state index is 11.8. The highest BCUT2D eigenvalue weighted by atomic mass is 127. The highest BCUT2D eigenvalue weighted by Crippen LogP contribution is 2.29. The second-order valence-corrected chi connectivity index (χ2v) is 3.51. The summed E-state index contributed by atoms with van der Waals surface area (Å²) in [5.74, 6) is -0.145. The number of halogens is 4. The third kappa shape index (κ3) is 3.06. The molecule has 5 heteroatoms. The van der Waals surface area contributed by atoms with Crippen molar-refractivity contribution in [1.29, 1.82) is 0 Å². The lowest BCUT2D eigenvalue weighted by Gasteiger charge is -2.11. The van der Waals surface area contributed by atoms with E-state index in [9.17, 15) is 13.2 Å². The minimum Gasteiger partial charge on any atom is -0.405 e. The van der Waals surface area contributed by atoms with Crippen LogP contribution in [0.25, 0.3) is 0 Å². The first-order chi connectivity index (χ1) is 5.90. The van der Waals surface area contributed by atoms with Gasteiger partial charge in [-0.1, -0.05) is 12.1 Å². The summed E-state index contributed by atoms with van der Waals surface area (Å²) < 4.78 is 39.8. The SMILES string of the molecule is Cc1cccc(OC(F)(F)F)c1I. The molecule has 1 nitrogen and oxygen atoms in total. The van der Waals surface area contributed by atoms with Crippen molar-refractivity contribution in [2.24, 2.45) is 0 Å². The Morgan fingerprint density at radius 1 is 1.31 bits per heavy atom.